The Morgan fingerprint density at radius 3 is 2.50 bits per heavy atom. The molecule has 2 heterocycles. The zero-order valence-corrected chi connectivity index (χ0v) is 16.3. The van der Waals surface area contributed by atoms with Gasteiger partial charge in [-0.3, -0.25) is 24.4 Å². The molecule has 0 N–H and O–H groups in total. The molecule has 1 aliphatic rings. The third-order valence-corrected chi connectivity index (χ3v) is 5.29. The minimum atomic E-state index is -0.498. The van der Waals surface area contributed by atoms with Crippen molar-refractivity contribution in [3.63, 3.8) is 0 Å². The molecule has 0 aliphatic carbocycles. The molecular formula is C22H20N4O4. The average Bonchev–Trinajstić information content (AvgIpc) is 3.27. The van der Waals surface area contributed by atoms with Crippen LogP contribution in [0.3, 0.4) is 0 Å². The van der Waals surface area contributed by atoms with Crippen LogP contribution >= 0.6 is 0 Å². The molecule has 1 aromatic heterocycles. The van der Waals surface area contributed by atoms with Gasteiger partial charge >= 0.3 is 0 Å². The first-order valence-corrected chi connectivity index (χ1v) is 9.77. The molecule has 0 spiro atoms. The summed E-state index contributed by atoms with van der Waals surface area (Å²) in [6.07, 6.45) is 2.46. The monoisotopic (exact) mass is 404 g/mol. The van der Waals surface area contributed by atoms with E-state index < -0.39 is 10.5 Å². The third kappa shape index (κ3) is 3.88. The van der Waals surface area contributed by atoms with Crippen molar-refractivity contribution in [2.45, 2.75) is 12.8 Å². The Hall–Kier alpha value is -3.70. The number of hydrogen-bond donors (Lipinski definition) is 0. The standard InChI is InChI=1S/C22H20N4O4/c23-15-17-13-16-14-20(30-12-11-24-9-1-2-10-24)7-8-21(16)25(22(17)27)18-3-5-19(6-4-18)26(28)29/h3-8,13-14H,1-2,9-12H2. The largest absolute Gasteiger partial charge is 0.492 e. The van der Waals surface area contributed by atoms with E-state index in [1.165, 1.54) is 41.7 Å². The van der Waals surface area contributed by atoms with E-state index in [4.69, 9.17) is 4.74 Å². The van der Waals surface area contributed by atoms with Crippen molar-refractivity contribution in [1.82, 2.24) is 9.47 Å². The van der Waals surface area contributed by atoms with Gasteiger partial charge in [0, 0.05) is 29.8 Å². The lowest BCUT2D eigenvalue weighted by atomic mass is 10.1. The minimum Gasteiger partial charge on any atom is -0.492 e. The summed E-state index contributed by atoms with van der Waals surface area (Å²) in [5.74, 6) is 0.666. The zero-order valence-electron chi connectivity index (χ0n) is 16.3. The Morgan fingerprint density at radius 2 is 1.83 bits per heavy atom. The van der Waals surface area contributed by atoms with Gasteiger partial charge in [-0.2, -0.15) is 5.26 Å². The fourth-order valence-electron chi connectivity index (χ4n) is 3.75. The number of benzene rings is 2. The van der Waals surface area contributed by atoms with Gasteiger partial charge in [0.05, 0.1) is 10.4 Å². The van der Waals surface area contributed by atoms with E-state index in [0.29, 0.717) is 28.9 Å². The number of hydrogen-bond acceptors (Lipinski definition) is 6. The van der Waals surface area contributed by atoms with Crippen molar-refractivity contribution in [1.29, 1.82) is 5.26 Å². The van der Waals surface area contributed by atoms with Gasteiger partial charge in [0.2, 0.25) is 0 Å². The second kappa shape index (κ2) is 8.35. The molecule has 1 aliphatic heterocycles. The van der Waals surface area contributed by atoms with Crippen LogP contribution in [0.4, 0.5) is 5.69 Å². The molecule has 0 atom stereocenters. The molecule has 1 fully saturated rings. The van der Waals surface area contributed by atoms with Crippen molar-refractivity contribution < 1.29 is 9.66 Å². The molecule has 0 saturated carbocycles. The summed E-state index contributed by atoms with van der Waals surface area (Å²) in [6, 6.07) is 14.5. The molecule has 8 heteroatoms. The predicted molar refractivity (Wildman–Crippen MR) is 112 cm³/mol. The van der Waals surface area contributed by atoms with E-state index in [9.17, 15) is 20.2 Å². The van der Waals surface area contributed by atoms with E-state index in [2.05, 4.69) is 4.90 Å². The highest BCUT2D eigenvalue weighted by molar-refractivity contribution is 5.83. The molecule has 4 rings (SSSR count). The number of fused-ring (bicyclic) bond motifs is 1. The van der Waals surface area contributed by atoms with Gasteiger partial charge in [-0.05, 0) is 62.3 Å². The first kappa shape index (κ1) is 19.6. The number of ether oxygens (including phenoxy) is 1. The molecule has 3 aromatic rings. The topological polar surface area (TPSA) is 101 Å². The smallest absolute Gasteiger partial charge is 0.273 e. The Balaban J connectivity index is 1.69. The van der Waals surface area contributed by atoms with Gasteiger partial charge in [0.1, 0.15) is 24.0 Å². The van der Waals surface area contributed by atoms with Crippen molar-refractivity contribution in [2.24, 2.45) is 0 Å². The summed E-state index contributed by atoms with van der Waals surface area (Å²) in [6.45, 7) is 3.64. The second-order valence-corrected chi connectivity index (χ2v) is 7.20. The highest BCUT2D eigenvalue weighted by atomic mass is 16.6. The number of nitro benzene ring substituents is 1. The Kier molecular flexibility index (Phi) is 5.46. The van der Waals surface area contributed by atoms with E-state index in [1.807, 2.05) is 12.1 Å². The van der Waals surface area contributed by atoms with Crippen LogP contribution in [0.1, 0.15) is 18.4 Å². The lowest BCUT2D eigenvalue weighted by molar-refractivity contribution is -0.384. The normalized spacial score (nSPS) is 14.0. The first-order valence-electron chi connectivity index (χ1n) is 9.77. The summed E-state index contributed by atoms with van der Waals surface area (Å²) in [5.41, 5.74) is 0.507. The molecule has 0 bridgehead atoms. The molecule has 2 aromatic carbocycles. The number of likely N-dealkylation sites (tertiary alicyclic amines) is 1. The SMILES string of the molecule is N#Cc1cc2cc(OCCN3CCCC3)ccc2n(-c2ccc([N+](=O)[O-])cc2)c1=O. The summed E-state index contributed by atoms with van der Waals surface area (Å²) < 4.78 is 7.27. The molecule has 8 nitrogen and oxygen atoms in total. The molecule has 0 radical (unpaired) electrons. The van der Waals surface area contributed by atoms with Crippen LogP contribution in [0, 0.1) is 21.4 Å². The maximum atomic E-state index is 12.8. The molecule has 152 valence electrons. The number of rotatable bonds is 6. The van der Waals surface area contributed by atoms with Crippen LogP contribution in [0.5, 0.6) is 5.75 Å². The molecule has 0 amide bonds. The summed E-state index contributed by atoms with van der Waals surface area (Å²) >= 11 is 0. The van der Waals surface area contributed by atoms with E-state index in [0.717, 1.165) is 19.6 Å². The molecule has 1 saturated heterocycles. The third-order valence-electron chi connectivity index (χ3n) is 5.29. The lowest BCUT2D eigenvalue weighted by Crippen LogP contribution is -2.25. The van der Waals surface area contributed by atoms with Gasteiger partial charge in [-0.25, -0.2) is 0 Å². The van der Waals surface area contributed by atoms with Crippen LogP contribution in [-0.2, 0) is 0 Å². The predicted octanol–water partition coefficient (Wildman–Crippen LogP) is 3.25. The van der Waals surface area contributed by atoms with Crippen molar-refractivity contribution in [3.8, 4) is 17.5 Å². The van der Waals surface area contributed by atoms with Crippen LogP contribution in [0.2, 0.25) is 0 Å². The number of aromatic nitrogens is 1. The molecular weight excluding hydrogens is 384 g/mol. The Labute approximate surface area is 172 Å². The molecule has 30 heavy (non-hydrogen) atoms. The van der Waals surface area contributed by atoms with Gasteiger partial charge < -0.3 is 4.74 Å². The fourth-order valence-corrected chi connectivity index (χ4v) is 3.75. The van der Waals surface area contributed by atoms with Crippen LogP contribution in [0.25, 0.3) is 16.6 Å². The maximum absolute atomic E-state index is 12.8. The average molecular weight is 404 g/mol. The highest BCUT2D eigenvalue weighted by Crippen LogP contribution is 2.24. The van der Waals surface area contributed by atoms with E-state index in [-0.39, 0.29) is 11.3 Å². The van der Waals surface area contributed by atoms with Crippen LogP contribution in [0.15, 0.2) is 53.3 Å². The first-order chi connectivity index (χ1) is 14.6. The zero-order chi connectivity index (χ0) is 21.1. The van der Waals surface area contributed by atoms with Crippen molar-refractivity contribution in [2.75, 3.05) is 26.2 Å². The van der Waals surface area contributed by atoms with Gasteiger partial charge in [0.25, 0.3) is 11.2 Å². The fraction of sp³-hybridized carbons (Fsp3) is 0.273. The van der Waals surface area contributed by atoms with E-state index in [1.54, 1.807) is 18.2 Å². The minimum absolute atomic E-state index is 0.00457. The maximum Gasteiger partial charge on any atom is 0.273 e. The van der Waals surface area contributed by atoms with Gasteiger partial charge in [-0.1, -0.05) is 0 Å². The highest BCUT2D eigenvalue weighted by Gasteiger charge is 2.14. The number of non-ortho nitro benzene ring substituents is 1. The summed E-state index contributed by atoms with van der Waals surface area (Å²) in [5, 5.41) is 21.0. The van der Waals surface area contributed by atoms with Crippen molar-refractivity contribution >= 4 is 16.6 Å². The quantitative estimate of drug-likeness (QED) is 0.462. The lowest BCUT2D eigenvalue weighted by Gasteiger charge is -2.16. The number of pyridine rings is 1. The Bertz CT molecular complexity index is 1190. The Morgan fingerprint density at radius 1 is 1.10 bits per heavy atom. The number of nitro groups is 1. The van der Waals surface area contributed by atoms with Crippen LogP contribution in [-0.4, -0.2) is 40.6 Å². The van der Waals surface area contributed by atoms with Crippen molar-refractivity contribution in [3.05, 3.63) is 74.6 Å². The number of nitriles is 1. The molecule has 0 unspecified atom stereocenters. The summed E-state index contributed by atoms with van der Waals surface area (Å²) in [4.78, 5) is 25.6. The van der Waals surface area contributed by atoms with Crippen LogP contribution < -0.4 is 10.3 Å². The summed E-state index contributed by atoms with van der Waals surface area (Å²) in [7, 11) is 0. The van der Waals surface area contributed by atoms with E-state index >= 15 is 0 Å². The van der Waals surface area contributed by atoms with Gasteiger partial charge in [0.15, 0.2) is 0 Å². The second-order valence-electron chi connectivity index (χ2n) is 7.20. The van der Waals surface area contributed by atoms with Gasteiger partial charge in [-0.15, -0.1) is 0 Å². The number of nitrogens with zero attached hydrogens (tertiary/aromatic N) is 4.